The summed E-state index contributed by atoms with van der Waals surface area (Å²) in [6, 6.07) is 12.1. The minimum absolute atomic E-state index is 0.0760. The molecular weight excluding hydrogens is 381 g/mol. The zero-order valence-corrected chi connectivity index (χ0v) is 16.5. The maximum Gasteiger partial charge on any atom is 0.319 e. The van der Waals surface area contributed by atoms with Crippen molar-refractivity contribution in [2.75, 3.05) is 18.4 Å². The molecule has 28 heavy (non-hydrogen) atoms. The predicted octanol–water partition coefficient (Wildman–Crippen LogP) is 3.50. The molecule has 0 radical (unpaired) electrons. The number of hydrogen-bond donors (Lipinski definition) is 2. The standard InChI is InChI=1S/C20H24FN3O3S/c1-15-13-18(10-11-19(15)21)28(26,27)24-12-6-5-9-17(24)14-22-20(25)23-16-7-3-2-4-8-16/h2-4,7-8,10-11,13,17H,5-6,9,12,14H2,1H3,(H2,22,23,25). The summed E-state index contributed by atoms with van der Waals surface area (Å²) in [7, 11) is -3.76. The Labute approximate surface area is 164 Å². The van der Waals surface area contributed by atoms with Gasteiger partial charge in [0.1, 0.15) is 5.82 Å². The molecule has 1 heterocycles. The van der Waals surface area contributed by atoms with Crippen molar-refractivity contribution < 1.29 is 17.6 Å². The monoisotopic (exact) mass is 405 g/mol. The maximum atomic E-state index is 13.5. The van der Waals surface area contributed by atoms with E-state index < -0.39 is 15.8 Å². The van der Waals surface area contributed by atoms with E-state index in [4.69, 9.17) is 0 Å². The number of hydrogen-bond acceptors (Lipinski definition) is 3. The molecule has 1 unspecified atom stereocenters. The number of aryl methyl sites for hydroxylation is 1. The number of amides is 2. The van der Waals surface area contributed by atoms with Crippen molar-refractivity contribution in [2.45, 2.75) is 37.1 Å². The number of piperidine rings is 1. The van der Waals surface area contributed by atoms with E-state index in [-0.39, 0.29) is 29.1 Å². The van der Waals surface area contributed by atoms with Crippen LogP contribution < -0.4 is 10.6 Å². The molecule has 150 valence electrons. The average Bonchev–Trinajstić information content (AvgIpc) is 2.69. The van der Waals surface area contributed by atoms with Gasteiger partial charge in [-0.3, -0.25) is 0 Å². The van der Waals surface area contributed by atoms with Gasteiger partial charge in [0, 0.05) is 24.8 Å². The molecule has 2 amide bonds. The largest absolute Gasteiger partial charge is 0.336 e. The first-order chi connectivity index (χ1) is 13.4. The molecule has 2 aromatic carbocycles. The molecule has 0 aromatic heterocycles. The van der Waals surface area contributed by atoms with E-state index in [1.54, 1.807) is 12.1 Å². The van der Waals surface area contributed by atoms with E-state index in [9.17, 15) is 17.6 Å². The molecule has 1 atom stereocenters. The minimum atomic E-state index is -3.76. The predicted molar refractivity (Wildman–Crippen MR) is 106 cm³/mol. The zero-order chi connectivity index (χ0) is 20.1. The van der Waals surface area contributed by atoms with Gasteiger partial charge in [-0.15, -0.1) is 0 Å². The molecule has 0 aliphatic carbocycles. The Morgan fingerprint density at radius 1 is 1.18 bits per heavy atom. The van der Waals surface area contributed by atoms with E-state index in [1.165, 1.54) is 29.4 Å². The average molecular weight is 405 g/mol. The van der Waals surface area contributed by atoms with Gasteiger partial charge < -0.3 is 10.6 Å². The van der Waals surface area contributed by atoms with E-state index in [2.05, 4.69) is 10.6 Å². The summed E-state index contributed by atoms with van der Waals surface area (Å²) >= 11 is 0. The van der Waals surface area contributed by atoms with Crippen molar-refractivity contribution in [1.29, 1.82) is 0 Å². The van der Waals surface area contributed by atoms with Crippen LogP contribution in [0.2, 0.25) is 0 Å². The first-order valence-corrected chi connectivity index (χ1v) is 10.7. The molecule has 1 aliphatic rings. The molecule has 0 spiro atoms. The second-order valence-electron chi connectivity index (χ2n) is 6.88. The van der Waals surface area contributed by atoms with Gasteiger partial charge >= 0.3 is 6.03 Å². The fourth-order valence-electron chi connectivity index (χ4n) is 3.31. The van der Waals surface area contributed by atoms with Crippen LogP contribution in [0.1, 0.15) is 24.8 Å². The van der Waals surface area contributed by atoms with Crippen LogP contribution in [0.15, 0.2) is 53.4 Å². The van der Waals surface area contributed by atoms with E-state index >= 15 is 0 Å². The second-order valence-corrected chi connectivity index (χ2v) is 8.77. The Morgan fingerprint density at radius 3 is 2.64 bits per heavy atom. The van der Waals surface area contributed by atoms with Crippen molar-refractivity contribution in [3.8, 4) is 0 Å². The fraction of sp³-hybridized carbons (Fsp3) is 0.350. The SMILES string of the molecule is Cc1cc(S(=O)(=O)N2CCCCC2CNC(=O)Nc2ccccc2)ccc1F. The summed E-state index contributed by atoms with van der Waals surface area (Å²) in [5.74, 6) is -0.437. The summed E-state index contributed by atoms with van der Waals surface area (Å²) < 4.78 is 41.1. The molecule has 6 nitrogen and oxygen atoms in total. The number of para-hydroxylation sites is 1. The second kappa shape index (κ2) is 8.70. The van der Waals surface area contributed by atoms with Gasteiger partial charge in [-0.05, 0) is 55.7 Å². The fourth-order valence-corrected chi connectivity index (χ4v) is 5.09. The highest BCUT2D eigenvalue weighted by Gasteiger charge is 2.33. The van der Waals surface area contributed by atoms with Gasteiger partial charge in [-0.2, -0.15) is 4.31 Å². The topological polar surface area (TPSA) is 78.5 Å². The van der Waals surface area contributed by atoms with Crippen molar-refractivity contribution in [2.24, 2.45) is 0 Å². The Hall–Kier alpha value is -2.45. The summed E-state index contributed by atoms with van der Waals surface area (Å²) in [4.78, 5) is 12.2. The number of rotatable bonds is 5. The van der Waals surface area contributed by atoms with Crippen LogP contribution in [0.25, 0.3) is 0 Å². The van der Waals surface area contributed by atoms with E-state index in [1.807, 2.05) is 18.2 Å². The lowest BCUT2D eigenvalue weighted by molar-refractivity contribution is 0.231. The lowest BCUT2D eigenvalue weighted by Gasteiger charge is -2.34. The molecule has 1 saturated heterocycles. The van der Waals surface area contributed by atoms with Crippen LogP contribution in [0.5, 0.6) is 0 Å². The van der Waals surface area contributed by atoms with Crippen LogP contribution in [0.4, 0.5) is 14.9 Å². The van der Waals surface area contributed by atoms with Crippen molar-refractivity contribution >= 4 is 21.7 Å². The third-order valence-electron chi connectivity index (χ3n) is 4.84. The smallest absolute Gasteiger partial charge is 0.319 e. The number of nitrogens with zero attached hydrogens (tertiary/aromatic N) is 1. The summed E-state index contributed by atoms with van der Waals surface area (Å²) in [6.45, 7) is 2.13. The van der Waals surface area contributed by atoms with Gasteiger partial charge in [-0.1, -0.05) is 24.6 Å². The molecule has 0 saturated carbocycles. The van der Waals surface area contributed by atoms with Crippen LogP contribution in [0, 0.1) is 12.7 Å². The number of sulfonamides is 1. The first kappa shape index (κ1) is 20.3. The molecule has 2 aromatic rings. The Kier molecular flexibility index (Phi) is 6.31. The molecule has 8 heteroatoms. The Bertz CT molecular complexity index is 935. The number of nitrogens with one attached hydrogen (secondary N) is 2. The number of carbonyl (C=O) groups excluding carboxylic acids is 1. The molecule has 0 bridgehead atoms. The van der Waals surface area contributed by atoms with Crippen molar-refractivity contribution in [3.05, 3.63) is 59.9 Å². The number of halogens is 1. The summed E-state index contributed by atoms with van der Waals surface area (Å²) in [6.07, 6.45) is 2.30. The van der Waals surface area contributed by atoms with Crippen LogP contribution in [-0.2, 0) is 10.0 Å². The maximum absolute atomic E-state index is 13.5. The van der Waals surface area contributed by atoms with E-state index in [0.29, 0.717) is 18.7 Å². The number of anilines is 1. The summed E-state index contributed by atoms with van der Waals surface area (Å²) in [5, 5.41) is 5.48. The summed E-state index contributed by atoms with van der Waals surface area (Å²) in [5.41, 5.74) is 0.949. The highest BCUT2D eigenvalue weighted by molar-refractivity contribution is 7.89. The first-order valence-electron chi connectivity index (χ1n) is 9.26. The van der Waals surface area contributed by atoms with E-state index in [0.717, 1.165) is 12.8 Å². The molecule has 2 N–H and O–H groups in total. The normalized spacial score (nSPS) is 17.9. The molecule has 1 fully saturated rings. The highest BCUT2D eigenvalue weighted by atomic mass is 32.2. The lowest BCUT2D eigenvalue weighted by Crippen LogP contribution is -2.49. The lowest BCUT2D eigenvalue weighted by atomic mass is 10.1. The van der Waals surface area contributed by atoms with Gasteiger partial charge in [-0.25, -0.2) is 17.6 Å². The molecule has 1 aliphatic heterocycles. The minimum Gasteiger partial charge on any atom is -0.336 e. The van der Waals surface area contributed by atoms with Crippen LogP contribution in [-0.4, -0.2) is 37.9 Å². The quantitative estimate of drug-likeness (QED) is 0.799. The molecular formula is C20H24FN3O3S. The zero-order valence-electron chi connectivity index (χ0n) is 15.7. The van der Waals surface area contributed by atoms with Crippen molar-refractivity contribution in [3.63, 3.8) is 0 Å². The third-order valence-corrected chi connectivity index (χ3v) is 6.79. The Balaban J connectivity index is 1.69. The Morgan fingerprint density at radius 2 is 1.93 bits per heavy atom. The van der Waals surface area contributed by atoms with Gasteiger partial charge in [0.15, 0.2) is 0 Å². The number of benzene rings is 2. The number of urea groups is 1. The number of carbonyl (C=O) groups is 1. The molecule has 3 rings (SSSR count). The third kappa shape index (κ3) is 4.69. The van der Waals surface area contributed by atoms with Gasteiger partial charge in [0.25, 0.3) is 0 Å². The van der Waals surface area contributed by atoms with Crippen molar-refractivity contribution in [1.82, 2.24) is 9.62 Å². The van der Waals surface area contributed by atoms with Gasteiger partial charge in [0.2, 0.25) is 10.0 Å². The van der Waals surface area contributed by atoms with Gasteiger partial charge in [0.05, 0.1) is 4.90 Å². The van der Waals surface area contributed by atoms with Crippen LogP contribution in [0.3, 0.4) is 0 Å². The van der Waals surface area contributed by atoms with Crippen LogP contribution >= 0.6 is 0 Å². The highest BCUT2D eigenvalue weighted by Crippen LogP contribution is 2.26.